The van der Waals surface area contributed by atoms with E-state index in [4.69, 9.17) is 5.11 Å². The molecule has 1 saturated heterocycles. The van der Waals surface area contributed by atoms with Gasteiger partial charge in [0.1, 0.15) is 11.1 Å². The third-order valence-electron chi connectivity index (χ3n) is 5.86. The molecule has 0 bridgehead atoms. The van der Waals surface area contributed by atoms with E-state index in [1.54, 1.807) is 25.1 Å². The third kappa shape index (κ3) is 5.47. The number of carboxylic acids is 1. The fourth-order valence-electron chi connectivity index (χ4n) is 4.15. The molecule has 0 spiro atoms. The highest BCUT2D eigenvalue weighted by atomic mass is 19.3. The number of pyridine rings is 1. The van der Waals surface area contributed by atoms with Crippen LogP contribution in [0.15, 0.2) is 48.6 Å². The Morgan fingerprint density at radius 1 is 1.20 bits per heavy atom. The molecule has 2 aromatic rings. The molecule has 35 heavy (non-hydrogen) atoms. The van der Waals surface area contributed by atoms with Gasteiger partial charge in [-0.2, -0.15) is 8.78 Å². The molecule has 1 fully saturated rings. The first-order valence-corrected chi connectivity index (χ1v) is 11.0. The summed E-state index contributed by atoms with van der Waals surface area (Å²) in [6.45, 7) is 5.89. The van der Waals surface area contributed by atoms with Gasteiger partial charge < -0.3 is 20.1 Å². The number of hydrogen-bond acceptors (Lipinski definition) is 5. The van der Waals surface area contributed by atoms with Gasteiger partial charge in [-0.25, -0.2) is 4.98 Å². The maximum Gasteiger partial charge on any atom is 0.388 e. The van der Waals surface area contributed by atoms with Gasteiger partial charge in [-0.15, -0.1) is 0 Å². The Balaban J connectivity index is 1.97. The van der Waals surface area contributed by atoms with Crippen LogP contribution in [0.4, 0.5) is 14.5 Å². The number of benzene rings is 1. The lowest BCUT2D eigenvalue weighted by molar-refractivity contribution is -0.143. The molecule has 0 radical (unpaired) electrons. The zero-order valence-electron chi connectivity index (χ0n) is 19.7. The van der Waals surface area contributed by atoms with E-state index < -0.39 is 42.1 Å². The number of carbonyl (C=O) groups excluding carboxylic acids is 2. The molecular weight excluding hydrogens is 460 g/mol. The van der Waals surface area contributed by atoms with Gasteiger partial charge >= 0.3 is 12.6 Å². The quantitative estimate of drug-likeness (QED) is 0.520. The highest BCUT2D eigenvalue weighted by Gasteiger charge is 2.53. The lowest BCUT2D eigenvalue weighted by Gasteiger charge is -2.50. The molecule has 8 nitrogen and oxygen atoms in total. The molecule has 10 heteroatoms. The highest BCUT2D eigenvalue weighted by molar-refractivity contribution is 6.04. The highest BCUT2D eigenvalue weighted by Crippen LogP contribution is 2.41. The number of likely N-dealkylation sites (tertiary alicyclic amines) is 1. The van der Waals surface area contributed by atoms with Crippen molar-refractivity contribution >= 4 is 23.5 Å². The van der Waals surface area contributed by atoms with Gasteiger partial charge in [0.25, 0.3) is 0 Å². The van der Waals surface area contributed by atoms with Crippen LogP contribution in [-0.4, -0.2) is 52.5 Å². The van der Waals surface area contributed by atoms with Crippen molar-refractivity contribution < 1.29 is 33.0 Å². The molecule has 1 aromatic carbocycles. The van der Waals surface area contributed by atoms with Crippen molar-refractivity contribution in [2.45, 2.75) is 45.1 Å². The maximum atomic E-state index is 13.7. The summed E-state index contributed by atoms with van der Waals surface area (Å²) in [5.74, 6) is -2.62. The summed E-state index contributed by atoms with van der Waals surface area (Å²) in [6, 6.07) is 10.3. The number of carboxylic acid groups (broad SMARTS) is 1. The second-order valence-electron chi connectivity index (χ2n) is 8.80. The van der Waals surface area contributed by atoms with Gasteiger partial charge in [0.15, 0.2) is 0 Å². The number of amides is 2. The maximum absolute atomic E-state index is 13.7. The Morgan fingerprint density at radius 2 is 1.86 bits per heavy atom. The van der Waals surface area contributed by atoms with Crippen LogP contribution >= 0.6 is 0 Å². The summed E-state index contributed by atoms with van der Waals surface area (Å²) in [5, 5.41) is 11.6. The number of aliphatic carboxylic acids is 1. The van der Waals surface area contributed by atoms with Crippen LogP contribution in [0, 0.1) is 6.92 Å². The monoisotopic (exact) mass is 487 g/mol. The van der Waals surface area contributed by atoms with Crippen molar-refractivity contribution in [3.63, 3.8) is 0 Å². The van der Waals surface area contributed by atoms with Gasteiger partial charge in [-0.3, -0.25) is 14.4 Å². The SMILES string of the molecule is C=C(CC(=O)O)C(=O)N1CC(C(=O)Nc2ccc(C)nc2OC(F)F)(c2ccccc2C(C)C)C1. The standard InChI is InChI=1S/C25H27F2N3O5/c1-14(2)17-7-5-6-8-18(17)25(12-30(13-25)22(33)15(3)11-20(31)32)23(34)29-19-10-9-16(4)28-21(19)35-24(26)27/h5-10,14,24H,3,11-13H2,1-2,4H3,(H,29,34)(H,31,32). The minimum atomic E-state index is -3.13. The number of hydrogen-bond donors (Lipinski definition) is 2. The number of carbonyl (C=O) groups is 3. The first-order valence-electron chi connectivity index (χ1n) is 11.0. The number of rotatable bonds is 9. The lowest BCUT2D eigenvalue weighted by Crippen LogP contribution is -2.66. The molecule has 0 saturated carbocycles. The molecule has 2 N–H and O–H groups in total. The largest absolute Gasteiger partial charge is 0.481 e. The second kappa shape index (κ2) is 10.2. The molecule has 0 unspecified atom stereocenters. The fraction of sp³-hybridized carbons (Fsp3) is 0.360. The van der Waals surface area contributed by atoms with Crippen LogP contribution in [0.5, 0.6) is 5.88 Å². The first-order chi connectivity index (χ1) is 16.4. The number of ether oxygens (including phenoxy) is 1. The topological polar surface area (TPSA) is 109 Å². The fourth-order valence-corrected chi connectivity index (χ4v) is 4.15. The molecule has 1 aromatic heterocycles. The Morgan fingerprint density at radius 3 is 2.46 bits per heavy atom. The summed E-state index contributed by atoms with van der Waals surface area (Å²) in [6.07, 6.45) is -0.513. The van der Waals surface area contributed by atoms with E-state index in [1.807, 2.05) is 26.0 Å². The summed E-state index contributed by atoms with van der Waals surface area (Å²) in [4.78, 5) is 42.7. The van der Waals surface area contributed by atoms with Crippen molar-refractivity contribution in [3.05, 3.63) is 65.4 Å². The minimum absolute atomic E-state index is 0.0256. The van der Waals surface area contributed by atoms with Crippen LogP contribution < -0.4 is 10.1 Å². The second-order valence-corrected chi connectivity index (χ2v) is 8.80. The lowest BCUT2D eigenvalue weighted by atomic mass is 9.69. The summed E-state index contributed by atoms with van der Waals surface area (Å²) < 4.78 is 30.3. The van der Waals surface area contributed by atoms with Gasteiger partial charge in [-0.1, -0.05) is 44.7 Å². The van der Waals surface area contributed by atoms with Crippen LogP contribution in [0.1, 0.15) is 43.0 Å². The van der Waals surface area contributed by atoms with E-state index in [-0.39, 0.29) is 30.3 Å². The van der Waals surface area contributed by atoms with Crippen molar-refractivity contribution in [1.29, 1.82) is 0 Å². The zero-order valence-corrected chi connectivity index (χ0v) is 19.7. The number of nitrogens with one attached hydrogen (secondary N) is 1. The Kier molecular flexibility index (Phi) is 7.52. The zero-order chi connectivity index (χ0) is 25.9. The minimum Gasteiger partial charge on any atom is -0.481 e. The molecule has 2 heterocycles. The van der Waals surface area contributed by atoms with Gasteiger partial charge in [0, 0.05) is 24.4 Å². The number of aromatic nitrogens is 1. The van der Waals surface area contributed by atoms with Crippen molar-refractivity contribution in [2.75, 3.05) is 18.4 Å². The molecule has 0 atom stereocenters. The van der Waals surface area contributed by atoms with E-state index >= 15 is 0 Å². The van der Waals surface area contributed by atoms with Crippen molar-refractivity contribution in [3.8, 4) is 5.88 Å². The average molecular weight is 488 g/mol. The summed E-state index contributed by atoms with van der Waals surface area (Å²) >= 11 is 0. The van der Waals surface area contributed by atoms with E-state index in [0.29, 0.717) is 11.3 Å². The van der Waals surface area contributed by atoms with Gasteiger partial charge in [-0.05, 0) is 36.1 Å². The van der Waals surface area contributed by atoms with Crippen LogP contribution in [0.2, 0.25) is 0 Å². The normalized spacial score (nSPS) is 14.4. The number of anilines is 1. The number of alkyl halides is 2. The Bertz CT molecular complexity index is 1160. The molecule has 1 aliphatic rings. The molecule has 1 aliphatic heterocycles. The molecule has 3 rings (SSSR count). The van der Waals surface area contributed by atoms with E-state index in [0.717, 1.165) is 5.56 Å². The predicted molar refractivity (Wildman–Crippen MR) is 124 cm³/mol. The van der Waals surface area contributed by atoms with Crippen molar-refractivity contribution in [1.82, 2.24) is 9.88 Å². The molecular formula is C25H27F2N3O5. The Labute approximate surface area is 201 Å². The van der Waals surface area contributed by atoms with Crippen LogP contribution in [0.25, 0.3) is 0 Å². The first kappa shape index (κ1) is 25.8. The van der Waals surface area contributed by atoms with E-state index in [1.165, 1.54) is 11.0 Å². The van der Waals surface area contributed by atoms with Gasteiger partial charge in [0.05, 0.1) is 6.42 Å². The van der Waals surface area contributed by atoms with Crippen LogP contribution in [-0.2, 0) is 19.8 Å². The van der Waals surface area contributed by atoms with E-state index in [2.05, 4.69) is 21.6 Å². The van der Waals surface area contributed by atoms with Gasteiger partial charge in [0.2, 0.25) is 17.7 Å². The summed E-state index contributed by atoms with van der Waals surface area (Å²) in [5.41, 5.74) is 0.687. The number of aryl methyl sites for hydroxylation is 1. The Hall–Kier alpha value is -3.82. The number of halogens is 2. The molecule has 2 amide bonds. The smallest absolute Gasteiger partial charge is 0.388 e. The van der Waals surface area contributed by atoms with Crippen molar-refractivity contribution in [2.24, 2.45) is 0 Å². The molecule has 186 valence electrons. The summed E-state index contributed by atoms with van der Waals surface area (Å²) in [7, 11) is 0. The predicted octanol–water partition coefficient (Wildman–Crippen LogP) is 3.86. The third-order valence-corrected chi connectivity index (χ3v) is 5.86. The number of nitrogens with zero attached hydrogens (tertiary/aromatic N) is 2. The van der Waals surface area contributed by atoms with E-state index in [9.17, 15) is 23.2 Å². The molecule has 0 aliphatic carbocycles. The van der Waals surface area contributed by atoms with Crippen LogP contribution in [0.3, 0.4) is 0 Å². The average Bonchev–Trinajstić information content (AvgIpc) is 2.74.